The van der Waals surface area contributed by atoms with Gasteiger partial charge >= 0.3 is 5.97 Å². The first kappa shape index (κ1) is 13.7. The Morgan fingerprint density at radius 1 is 1.14 bits per heavy atom. The third kappa shape index (κ3) is 2.18. The summed E-state index contributed by atoms with van der Waals surface area (Å²) in [7, 11) is 0. The highest BCUT2D eigenvalue weighted by Gasteiger charge is 2.50. The molecular weight excluding hydrogens is 294 g/mol. The van der Waals surface area contributed by atoms with Crippen molar-refractivity contribution in [2.75, 3.05) is 11.5 Å². The van der Waals surface area contributed by atoms with Crippen LogP contribution in [-0.4, -0.2) is 18.6 Å². The van der Waals surface area contributed by atoms with Crippen LogP contribution in [0.3, 0.4) is 0 Å². The van der Waals surface area contributed by atoms with Gasteiger partial charge in [-0.3, -0.25) is 4.79 Å². The number of anilines is 2. The van der Waals surface area contributed by atoms with E-state index in [-0.39, 0.29) is 17.9 Å². The van der Waals surface area contributed by atoms with Gasteiger partial charge < -0.3 is 9.64 Å². The van der Waals surface area contributed by atoms with Gasteiger partial charge in [0.1, 0.15) is 0 Å². The lowest BCUT2D eigenvalue weighted by Gasteiger charge is -2.33. The summed E-state index contributed by atoms with van der Waals surface area (Å²) in [4.78, 5) is 16.8. The monoisotopic (exact) mass is 311 g/mol. The predicted molar refractivity (Wildman–Crippen MR) is 87.7 cm³/mol. The van der Waals surface area contributed by atoms with Crippen molar-refractivity contribution in [3.63, 3.8) is 0 Å². The van der Waals surface area contributed by atoms with E-state index in [0.717, 1.165) is 6.42 Å². The van der Waals surface area contributed by atoms with Crippen LogP contribution in [0, 0.1) is 5.92 Å². The highest BCUT2D eigenvalue weighted by atomic mass is 32.2. The average molecular weight is 311 g/mol. The van der Waals surface area contributed by atoms with E-state index in [2.05, 4.69) is 53.4 Å². The van der Waals surface area contributed by atoms with Crippen molar-refractivity contribution < 1.29 is 9.53 Å². The van der Waals surface area contributed by atoms with Crippen molar-refractivity contribution in [1.82, 2.24) is 0 Å². The maximum atomic E-state index is 12.0. The van der Waals surface area contributed by atoms with Crippen molar-refractivity contribution >= 4 is 29.1 Å². The Kier molecular flexibility index (Phi) is 3.34. The highest BCUT2D eigenvalue weighted by Crippen LogP contribution is 2.53. The molecule has 4 rings (SSSR count). The quantitative estimate of drug-likeness (QED) is 0.793. The number of benzene rings is 2. The molecule has 1 saturated carbocycles. The van der Waals surface area contributed by atoms with Gasteiger partial charge in [0, 0.05) is 15.8 Å². The number of rotatable bonds is 3. The van der Waals surface area contributed by atoms with Gasteiger partial charge in [0.15, 0.2) is 0 Å². The van der Waals surface area contributed by atoms with Gasteiger partial charge in [-0.15, -0.1) is 0 Å². The molecule has 0 bridgehead atoms. The van der Waals surface area contributed by atoms with E-state index in [1.807, 2.05) is 6.92 Å². The molecule has 1 heterocycles. The minimum Gasteiger partial charge on any atom is -0.466 e. The lowest BCUT2D eigenvalue weighted by atomic mass is 10.2. The summed E-state index contributed by atoms with van der Waals surface area (Å²) in [5.74, 6) is -0.0788. The summed E-state index contributed by atoms with van der Waals surface area (Å²) in [6.45, 7) is 2.31. The van der Waals surface area contributed by atoms with E-state index < -0.39 is 0 Å². The van der Waals surface area contributed by atoms with Gasteiger partial charge in [-0.1, -0.05) is 36.0 Å². The lowest BCUT2D eigenvalue weighted by Crippen LogP contribution is -2.26. The fourth-order valence-electron chi connectivity index (χ4n) is 3.06. The molecule has 22 heavy (non-hydrogen) atoms. The molecule has 4 heteroatoms. The van der Waals surface area contributed by atoms with Gasteiger partial charge in [-0.05, 0) is 37.6 Å². The highest BCUT2D eigenvalue weighted by molar-refractivity contribution is 7.99. The molecule has 2 aromatic carbocycles. The van der Waals surface area contributed by atoms with Crippen molar-refractivity contribution in [2.24, 2.45) is 5.92 Å². The van der Waals surface area contributed by atoms with Crippen molar-refractivity contribution in [1.29, 1.82) is 0 Å². The number of fused-ring (bicyclic) bond motifs is 2. The molecule has 112 valence electrons. The molecule has 0 N–H and O–H groups in total. The number of hydrogen-bond donors (Lipinski definition) is 0. The maximum absolute atomic E-state index is 12.0. The zero-order chi connectivity index (χ0) is 15.1. The standard InChI is InChI=1S/C18H17NO2S/c1-2-21-18(20)12-11-15(12)19-13-7-3-5-9-16(13)22-17-10-6-4-8-14(17)19/h3-10,12,15H,2,11H2,1H3. The van der Waals surface area contributed by atoms with Crippen LogP contribution in [0.25, 0.3) is 0 Å². The largest absolute Gasteiger partial charge is 0.466 e. The summed E-state index contributed by atoms with van der Waals surface area (Å²) in [6.07, 6.45) is 0.867. The van der Waals surface area contributed by atoms with Crippen molar-refractivity contribution in [3.05, 3.63) is 48.5 Å². The van der Waals surface area contributed by atoms with Gasteiger partial charge in [0.05, 0.1) is 23.9 Å². The molecule has 0 spiro atoms. The Labute approximate surface area is 134 Å². The Morgan fingerprint density at radius 3 is 2.32 bits per heavy atom. The van der Waals surface area contributed by atoms with Crippen LogP contribution in [0.4, 0.5) is 11.4 Å². The van der Waals surface area contributed by atoms with Crippen molar-refractivity contribution in [3.8, 4) is 0 Å². The van der Waals surface area contributed by atoms with Gasteiger partial charge in [-0.25, -0.2) is 0 Å². The molecule has 2 unspecified atom stereocenters. The van der Waals surface area contributed by atoms with Crippen LogP contribution in [-0.2, 0) is 9.53 Å². The van der Waals surface area contributed by atoms with Crippen LogP contribution in [0.5, 0.6) is 0 Å². The number of hydrogen-bond acceptors (Lipinski definition) is 4. The summed E-state index contributed by atoms with van der Waals surface area (Å²) in [5.41, 5.74) is 2.39. The topological polar surface area (TPSA) is 29.5 Å². The molecule has 0 amide bonds. The van der Waals surface area contributed by atoms with E-state index >= 15 is 0 Å². The van der Waals surface area contributed by atoms with Gasteiger partial charge in [-0.2, -0.15) is 0 Å². The molecule has 1 aliphatic heterocycles. The number of carbonyl (C=O) groups is 1. The summed E-state index contributed by atoms with van der Waals surface area (Å²) >= 11 is 1.79. The maximum Gasteiger partial charge on any atom is 0.311 e. The Balaban J connectivity index is 1.72. The molecule has 2 aliphatic rings. The van der Waals surface area contributed by atoms with Crippen LogP contribution >= 0.6 is 11.8 Å². The first-order chi connectivity index (χ1) is 10.8. The third-order valence-corrected chi connectivity index (χ3v) is 5.28. The first-order valence-corrected chi connectivity index (χ1v) is 8.43. The molecule has 0 radical (unpaired) electrons. The Hall–Kier alpha value is -1.94. The molecule has 3 nitrogen and oxygen atoms in total. The minimum atomic E-state index is -0.0688. The molecule has 1 fully saturated rings. The Morgan fingerprint density at radius 2 is 1.73 bits per heavy atom. The second-order valence-electron chi connectivity index (χ2n) is 5.57. The first-order valence-electron chi connectivity index (χ1n) is 7.61. The SMILES string of the molecule is CCOC(=O)C1CC1N1c2ccccc2Sc2ccccc21. The number of ether oxygens (including phenoxy) is 1. The zero-order valence-corrected chi connectivity index (χ0v) is 13.2. The number of esters is 1. The smallest absolute Gasteiger partial charge is 0.311 e. The predicted octanol–water partition coefficient (Wildman–Crippen LogP) is 4.24. The molecule has 2 atom stereocenters. The lowest BCUT2D eigenvalue weighted by molar-refractivity contribution is -0.144. The normalized spacial score (nSPS) is 21.8. The zero-order valence-electron chi connectivity index (χ0n) is 12.4. The van der Waals surface area contributed by atoms with Gasteiger partial charge in [0.2, 0.25) is 0 Å². The van der Waals surface area contributed by atoms with E-state index in [1.54, 1.807) is 11.8 Å². The van der Waals surface area contributed by atoms with Crippen LogP contribution < -0.4 is 4.90 Å². The summed E-state index contributed by atoms with van der Waals surface area (Å²) in [5, 5.41) is 0. The van der Waals surface area contributed by atoms with E-state index in [1.165, 1.54) is 21.2 Å². The molecule has 2 aromatic rings. The van der Waals surface area contributed by atoms with Gasteiger partial charge in [0.25, 0.3) is 0 Å². The number of carbonyl (C=O) groups excluding carboxylic acids is 1. The van der Waals surface area contributed by atoms with Crippen LogP contribution in [0.1, 0.15) is 13.3 Å². The van der Waals surface area contributed by atoms with E-state index in [0.29, 0.717) is 6.61 Å². The molecule has 0 saturated heterocycles. The number of nitrogens with zero attached hydrogens (tertiary/aromatic N) is 1. The van der Waals surface area contributed by atoms with E-state index in [9.17, 15) is 4.79 Å². The fourth-order valence-corrected chi connectivity index (χ4v) is 4.13. The third-order valence-electron chi connectivity index (χ3n) is 4.15. The molecular formula is C18H17NO2S. The summed E-state index contributed by atoms with van der Waals surface area (Å²) in [6, 6.07) is 17.0. The molecule has 1 aliphatic carbocycles. The fraction of sp³-hybridized carbons (Fsp3) is 0.278. The van der Waals surface area contributed by atoms with Crippen LogP contribution in [0.15, 0.2) is 58.3 Å². The minimum absolute atomic E-state index is 0.0100. The van der Waals surface area contributed by atoms with Crippen molar-refractivity contribution in [2.45, 2.75) is 29.2 Å². The van der Waals surface area contributed by atoms with E-state index in [4.69, 9.17) is 4.74 Å². The van der Waals surface area contributed by atoms with Crippen LogP contribution in [0.2, 0.25) is 0 Å². The Bertz CT molecular complexity index is 685. The second kappa shape index (κ2) is 5.36. The summed E-state index contributed by atoms with van der Waals surface area (Å²) < 4.78 is 5.19. The molecule has 0 aromatic heterocycles. The second-order valence-corrected chi connectivity index (χ2v) is 6.65. The number of para-hydroxylation sites is 2. The average Bonchev–Trinajstić information content (AvgIpc) is 3.33.